The number of fused-ring (bicyclic) bond motifs is 1. The van der Waals surface area contributed by atoms with Gasteiger partial charge in [0.05, 0.1) is 30.8 Å². The van der Waals surface area contributed by atoms with Crippen LogP contribution in [0.2, 0.25) is 0 Å². The SMILES string of the molecule is COc1cc2nc(-c3ccc(O)cc3F)[nH]c2cc1OC. The number of hydrogen-bond acceptors (Lipinski definition) is 4. The van der Waals surface area contributed by atoms with Crippen molar-refractivity contribution < 1.29 is 19.0 Å². The van der Waals surface area contributed by atoms with E-state index >= 15 is 0 Å². The summed E-state index contributed by atoms with van der Waals surface area (Å²) in [6.45, 7) is 0. The summed E-state index contributed by atoms with van der Waals surface area (Å²) >= 11 is 0. The van der Waals surface area contributed by atoms with Crippen LogP contribution in [0.4, 0.5) is 4.39 Å². The quantitative estimate of drug-likeness (QED) is 0.777. The molecule has 0 bridgehead atoms. The van der Waals surface area contributed by atoms with Crippen LogP contribution in [0, 0.1) is 5.82 Å². The second-order valence-corrected chi connectivity index (χ2v) is 4.47. The Labute approximate surface area is 120 Å². The van der Waals surface area contributed by atoms with Gasteiger partial charge in [0, 0.05) is 18.2 Å². The van der Waals surface area contributed by atoms with E-state index in [1.54, 1.807) is 19.2 Å². The normalized spacial score (nSPS) is 10.8. The average molecular weight is 288 g/mol. The van der Waals surface area contributed by atoms with E-state index in [0.29, 0.717) is 28.4 Å². The number of aromatic nitrogens is 2. The number of ether oxygens (including phenoxy) is 2. The van der Waals surface area contributed by atoms with Gasteiger partial charge in [-0.15, -0.1) is 0 Å². The molecule has 0 radical (unpaired) electrons. The highest BCUT2D eigenvalue weighted by atomic mass is 19.1. The Morgan fingerprint density at radius 3 is 2.48 bits per heavy atom. The van der Waals surface area contributed by atoms with Gasteiger partial charge in [0.2, 0.25) is 0 Å². The van der Waals surface area contributed by atoms with Crippen LogP contribution in [-0.2, 0) is 0 Å². The van der Waals surface area contributed by atoms with Crippen molar-refractivity contribution in [3.8, 4) is 28.6 Å². The molecule has 0 atom stereocenters. The van der Waals surface area contributed by atoms with Crippen molar-refractivity contribution in [2.75, 3.05) is 14.2 Å². The summed E-state index contributed by atoms with van der Waals surface area (Å²) in [5.41, 5.74) is 1.62. The fourth-order valence-corrected chi connectivity index (χ4v) is 2.16. The number of rotatable bonds is 3. The van der Waals surface area contributed by atoms with Crippen molar-refractivity contribution in [2.45, 2.75) is 0 Å². The number of hydrogen-bond donors (Lipinski definition) is 2. The Kier molecular flexibility index (Phi) is 3.13. The van der Waals surface area contributed by atoms with E-state index < -0.39 is 5.82 Å². The second kappa shape index (κ2) is 4.97. The Morgan fingerprint density at radius 1 is 1.10 bits per heavy atom. The summed E-state index contributed by atoms with van der Waals surface area (Å²) in [4.78, 5) is 7.37. The van der Waals surface area contributed by atoms with Crippen molar-refractivity contribution in [3.63, 3.8) is 0 Å². The maximum absolute atomic E-state index is 13.9. The van der Waals surface area contributed by atoms with Gasteiger partial charge in [-0.1, -0.05) is 0 Å². The molecule has 0 aliphatic rings. The van der Waals surface area contributed by atoms with Crippen LogP contribution in [0.1, 0.15) is 0 Å². The molecule has 0 amide bonds. The standard InChI is InChI=1S/C15H13FN2O3/c1-20-13-6-11-12(7-14(13)21-2)18-15(17-11)9-4-3-8(19)5-10(9)16/h3-7,19H,1-2H3,(H,17,18). The fraction of sp³-hybridized carbons (Fsp3) is 0.133. The van der Waals surface area contributed by atoms with Crippen LogP contribution >= 0.6 is 0 Å². The maximum atomic E-state index is 13.9. The van der Waals surface area contributed by atoms with Gasteiger partial charge in [0.25, 0.3) is 0 Å². The predicted molar refractivity (Wildman–Crippen MR) is 76.3 cm³/mol. The van der Waals surface area contributed by atoms with Gasteiger partial charge in [-0.2, -0.15) is 0 Å². The summed E-state index contributed by atoms with van der Waals surface area (Å²) in [5, 5.41) is 9.26. The Balaban J connectivity index is 2.16. The van der Waals surface area contributed by atoms with E-state index in [0.717, 1.165) is 6.07 Å². The second-order valence-electron chi connectivity index (χ2n) is 4.47. The van der Waals surface area contributed by atoms with Gasteiger partial charge < -0.3 is 19.6 Å². The molecule has 3 rings (SSSR count). The molecule has 2 aromatic carbocycles. The average Bonchev–Trinajstić information content (AvgIpc) is 2.87. The molecule has 0 aliphatic carbocycles. The van der Waals surface area contributed by atoms with Gasteiger partial charge in [-0.05, 0) is 12.1 Å². The zero-order valence-corrected chi connectivity index (χ0v) is 11.5. The van der Waals surface area contributed by atoms with Gasteiger partial charge >= 0.3 is 0 Å². The third-order valence-corrected chi connectivity index (χ3v) is 3.19. The van der Waals surface area contributed by atoms with Crippen molar-refractivity contribution in [2.24, 2.45) is 0 Å². The van der Waals surface area contributed by atoms with E-state index in [-0.39, 0.29) is 11.3 Å². The first-order chi connectivity index (χ1) is 10.1. The molecule has 0 saturated heterocycles. The number of nitrogens with zero attached hydrogens (tertiary/aromatic N) is 1. The van der Waals surface area contributed by atoms with E-state index in [1.165, 1.54) is 19.2 Å². The lowest BCUT2D eigenvalue weighted by Crippen LogP contribution is -1.89. The summed E-state index contributed by atoms with van der Waals surface area (Å²) in [5.74, 6) is 0.807. The molecule has 5 nitrogen and oxygen atoms in total. The zero-order valence-electron chi connectivity index (χ0n) is 11.5. The fourth-order valence-electron chi connectivity index (χ4n) is 2.16. The van der Waals surface area contributed by atoms with Crippen LogP contribution in [0.3, 0.4) is 0 Å². The minimum Gasteiger partial charge on any atom is -0.508 e. The van der Waals surface area contributed by atoms with Crippen LogP contribution in [0.25, 0.3) is 22.4 Å². The molecule has 21 heavy (non-hydrogen) atoms. The highest BCUT2D eigenvalue weighted by Crippen LogP contribution is 2.33. The monoisotopic (exact) mass is 288 g/mol. The molecular weight excluding hydrogens is 275 g/mol. The molecule has 108 valence electrons. The van der Waals surface area contributed by atoms with E-state index in [9.17, 15) is 9.50 Å². The molecule has 2 N–H and O–H groups in total. The molecule has 1 aromatic heterocycles. The lowest BCUT2D eigenvalue weighted by atomic mass is 10.2. The molecule has 0 fully saturated rings. The van der Waals surface area contributed by atoms with Gasteiger partial charge in [0.1, 0.15) is 17.4 Å². The third-order valence-electron chi connectivity index (χ3n) is 3.19. The first-order valence-electron chi connectivity index (χ1n) is 6.23. The van der Waals surface area contributed by atoms with Crippen LogP contribution in [-0.4, -0.2) is 29.3 Å². The number of phenols is 1. The van der Waals surface area contributed by atoms with Crippen molar-refractivity contribution in [1.82, 2.24) is 9.97 Å². The molecular formula is C15H13FN2O3. The third kappa shape index (κ3) is 2.24. The predicted octanol–water partition coefficient (Wildman–Crippen LogP) is 3.09. The first kappa shape index (κ1) is 13.2. The molecule has 6 heteroatoms. The lowest BCUT2D eigenvalue weighted by molar-refractivity contribution is 0.356. The number of nitrogens with one attached hydrogen (secondary N) is 1. The summed E-state index contributed by atoms with van der Waals surface area (Å²) in [7, 11) is 3.08. The highest BCUT2D eigenvalue weighted by molar-refractivity contribution is 5.83. The summed E-state index contributed by atoms with van der Waals surface area (Å²) in [6.07, 6.45) is 0. The van der Waals surface area contributed by atoms with Crippen molar-refractivity contribution in [3.05, 3.63) is 36.1 Å². The van der Waals surface area contributed by atoms with Crippen LogP contribution < -0.4 is 9.47 Å². The maximum Gasteiger partial charge on any atom is 0.163 e. The minimum absolute atomic E-state index is 0.129. The van der Waals surface area contributed by atoms with Crippen LogP contribution in [0.15, 0.2) is 30.3 Å². The highest BCUT2D eigenvalue weighted by Gasteiger charge is 2.13. The molecule has 1 heterocycles. The number of phenolic OH excluding ortho intramolecular Hbond substituents is 1. The van der Waals surface area contributed by atoms with Gasteiger partial charge in [0.15, 0.2) is 11.5 Å². The lowest BCUT2D eigenvalue weighted by Gasteiger charge is -2.06. The molecule has 0 saturated carbocycles. The Bertz CT molecular complexity index is 773. The minimum atomic E-state index is -0.548. The first-order valence-corrected chi connectivity index (χ1v) is 6.23. The molecule has 0 aliphatic heterocycles. The number of aromatic amines is 1. The topological polar surface area (TPSA) is 67.4 Å². The number of H-pyrrole nitrogens is 1. The Hall–Kier alpha value is -2.76. The zero-order chi connectivity index (χ0) is 15.0. The number of benzene rings is 2. The number of aromatic hydroxyl groups is 1. The molecule has 0 spiro atoms. The Morgan fingerprint density at radius 2 is 1.81 bits per heavy atom. The number of halogens is 1. The summed E-state index contributed by atoms with van der Waals surface area (Å²) in [6, 6.07) is 7.38. The van der Waals surface area contributed by atoms with E-state index in [4.69, 9.17) is 9.47 Å². The van der Waals surface area contributed by atoms with Gasteiger partial charge in [-0.3, -0.25) is 0 Å². The number of imidazole rings is 1. The largest absolute Gasteiger partial charge is 0.508 e. The van der Waals surface area contributed by atoms with E-state index in [1.807, 2.05) is 0 Å². The smallest absolute Gasteiger partial charge is 0.163 e. The van der Waals surface area contributed by atoms with Crippen molar-refractivity contribution >= 4 is 11.0 Å². The summed E-state index contributed by atoms with van der Waals surface area (Å²) < 4.78 is 24.3. The number of methoxy groups -OCH3 is 2. The van der Waals surface area contributed by atoms with Crippen molar-refractivity contribution in [1.29, 1.82) is 0 Å². The molecule has 0 unspecified atom stereocenters. The van der Waals surface area contributed by atoms with Gasteiger partial charge in [-0.25, -0.2) is 9.37 Å². The molecule has 3 aromatic rings. The van der Waals surface area contributed by atoms with E-state index in [2.05, 4.69) is 9.97 Å². The van der Waals surface area contributed by atoms with Crippen LogP contribution in [0.5, 0.6) is 17.2 Å².